The molecule has 0 unspecified atom stereocenters. The Kier molecular flexibility index (Phi) is 5.55. The Morgan fingerprint density at radius 3 is 2.37 bits per heavy atom. The zero-order valence-electron chi connectivity index (χ0n) is 15.9. The van der Waals surface area contributed by atoms with Crippen LogP contribution in [-0.4, -0.2) is 34.7 Å². The summed E-state index contributed by atoms with van der Waals surface area (Å²) in [5.74, 6) is 0.872. The van der Waals surface area contributed by atoms with Crippen molar-refractivity contribution in [3.63, 3.8) is 0 Å². The fourth-order valence-electron chi connectivity index (χ4n) is 4.41. The number of nitrogens with zero attached hydrogens (tertiary/aromatic N) is 2. The molecule has 1 aliphatic carbocycles. The monoisotopic (exact) mass is 386 g/mol. The number of benzene rings is 1. The first-order valence-corrected chi connectivity index (χ1v) is 10.4. The van der Waals surface area contributed by atoms with Crippen molar-refractivity contribution in [3.05, 3.63) is 51.9 Å². The van der Waals surface area contributed by atoms with Gasteiger partial charge in [0.2, 0.25) is 0 Å². The van der Waals surface area contributed by atoms with Crippen LogP contribution in [-0.2, 0) is 7.05 Å². The zero-order chi connectivity index (χ0) is 18.8. The minimum atomic E-state index is -0.0487. The van der Waals surface area contributed by atoms with Crippen LogP contribution in [0.5, 0.6) is 5.75 Å². The minimum Gasteiger partial charge on any atom is -0.490 e. The molecular formula is C22H27ClN2O2. The number of hydrogen-bond donors (Lipinski definition) is 0. The van der Waals surface area contributed by atoms with Crippen LogP contribution in [0.15, 0.2) is 41.3 Å². The highest BCUT2D eigenvalue weighted by molar-refractivity contribution is 6.30. The second-order valence-corrected chi connectivity index (χ2v) is 8.24. The standard InChI is InChI=1S/C22H27ClN2O2/c1-24-15-17(23)14-21(22(24)26)16-6-8-19(9-7-16)27-20-10-12-25(13-11-20)18-4-2-3-5-18/h6-9,14-15,18,20H,2-5,10-13H2,1H3. The van der Waals surface area contributed by atoms with Gasteiger partial charge in [0.05, 0.1) is 5.02 Å². The molecule has 2 heterocycles. The first-order chi connectivity index (χ1) is 13.1. The molecule has 5 heteroatoms. The minimum absolute atomic E-state index is 0.0487. The third kappa shape index (κ3) is 4.22. The second kappa shape index (κ2) is 8.07. The molecule has 1 aromatic heterocycles. The number of ether oxygens (including phenoxy) is 1. The number of halogens is 1. The number of rotatable bonds is 4. The van der Waals surface area contributed by atoms with Gasteiger partial charge in [0.1, 0.15) is 11.9 Å². The van der Waals surface area contributed by atoms with Gasteiger partial charge in [-0.1, -0.05) is 36.6 Å². The van der Waals surface area contributed by atoms with Gasteiger partial charge in [-0.25, -0.2) is 0 Å². The third-order valence-corrected chi connectivity index (χ3v) is 6.14. The maximum Gasteiger partial charge on any atom is 0.258 e. The molecule has 1 aliphatic heterocycles. The van der Waals surface area contributed by atoms with Gasteiger partial charge in [0.25, 0.3) is 5.56 Å². The highest BCUT2D eigenvalue weighted by Crippen LogP contribution is 2.28. The predicted octanol–water partition coefficient (Wildman–Crippen LogP) is 4.49. The Labute approximate surface area is 165 Å². The topological polar surface area (TPSA) is 34.5 Å². The Balaban J connectivity index is 1.38. The maximum atomic E-state index is 12.3. The molecule has 0 radical (unpaired) electrons. The SMILES string of the molecule is Cn1cc(Cl)cc(-c2ccc(OC3CCN(C4CCCC4)CC3)cc2)c1=O. The molecule has 4 nitrogen and oxygen atoms in total. The normalized spacial score (nSPS) is 19.5. The summed E-state index contributed by atoms with van der Waals surface area (Å²) < 4.78 is 7.71. The lowest BCUT2D eigenvalue weighted by Gasteiger charge is -2.36. The van der Waals surface area contributed by atoms with Crippen LogP contribution in [0.2, 0.25) is 5.02 Å². The predicted molar refractivity (Wildman–Crippen MR) is 110 cm³/mol. The molecule has 0 amide bonds. The number of likely N-dealkylation sites (tertiary alicyclic amines) is 1. The molecule has 2 aromatic rings. The number of aryl methyl sites for hydroxylation is 1. The van der Waals surface area contributed by atoms with Crippen molar-refractivity contribution in [2.45, 2.75) is 50.7 Å². The van der Waals surface area contributed by atoms with Gasteiger partial charge in [-0.2, -0.15) is 0 Å². The van der Waals surface area contributed by atoms with Crippen LogP contribution in [0.1, 0.15) is 38.5 Å². The molecule has 1 saturated carbocycles. The van der Waals surface area contributed by atoms with E-state index in [1.165, 1.54) is 30.3 Å². The van der Waals surface area contributed by atoms with Crippen molar-refractivity contribution >= 4 is 11.6 Å². The molecular weight excluding hydrogens is 360 g/mol. The van der Waals surface area contributed by atoms with Crippen molar-refractivity contribution in [1.29, 1.82) is 0 Å². The van der Waals surface area contributed by atoms with Crippen LogP contribution in [0.25, 0.3) is 11.1 Å². The van der Waals surface area contributed by atoms with Gasteiger partial charge in [-0.15, -0.1) is 0 Å². The lowest BCUT2D eigenvalue weighted by molar-refractivity contribution is 0.0768. The van der Waals surface area contributed by atoms with Gasteiger partial charge in [-0.05, 0) is 49.4 Å². The van der Waals surface area contributed by atoms with Crippen molar-refractivity contribution < 1.29 is 4.74 Å². The van der Waals surface area contributed by atoms with E-state index in [9.17, 15) is 4.79 Å². The summed E-state index contributed by atoms with van der Waals surface area (Å²) in [4.78, 5) is 15.0. The number of piperidine rings is 1. The first-order valence-electron chi connectivity index (χ1n) is 9.97. The highest BCUT2D eigenvalue weighted by atomic mass is 35.5. The summed E-state index contributed by atoms with van der Waals surface area (Å²) in [6, 6.07) is 10.3. The van der Waals surface area contributed by atoms with E-state index in [-0.39, 0.29) is 11.7 Å². The van der Waals surface area contributed by atoms with Crippen molar-refractivity contribution in [2.24, 2.45) is 7.05 Å². The Morgan fingerprint density at radius 1 is 1.04 bits per heavy atom. The van der Waals surface area contributed by atoms with Gasteiger partial charge < -0.3 is 14.2 Å². The van der Waals surface area contributed by atoms with E-state index < -0.39 is 0 Å². The quantitative estimate of drug-likeness (QED) is 0.776. The second-order valence-electron chi connectivity index (χ2n) is 7.80. The van der Waals surface area contributed by atoms with Crippen LogP contribution in [0.3, 0.4) is 0 Å². The Hall–Kier alpha value is -1.78. The lowest BCUT2D eigenvalue weighted by atomic mass is 10.0. The Morgan fingerprint density at radius 2 is 1.70 bits per heavy atom. The van der Waals surface area contributed by atoms with Crippen molar-refractivity contribution in [1.82, 2.24) is 9.47 Å². The van der Waals surface area contributed by atoms with E-state index >= 15 is 0 Å². The molecule has 2 aliphatic rings. The molecule has 2 fully saturated rings. The molecule has 0 N–H and O–H groups in total. The van der Waals surface area contributed by atoms with E-state index in [2.05, 4.69) is 4.90 Å². The highest BCUT2D eigenvalue weighted by Gasteiger charge is 2.27. The van der Waals surface area contributed by atoms with E-state index in [1.54, 1.807) is 19.3 Å². The van der Waals surface area contributed by atoms with Crippen LogP contribution < -0.4 is 10.3 Å². The zero-order valence-corrected chi connectivity index (χ0v) is 16.6. The number of aromatic nitrogens is 1. The van der Waals surface area contributed by atoms with E-state index in [0.29, 0.717) is 10.6 Å². The van der Waals surface area contributed by atoms with Gasteiger partial charge in [0, 0.05) is 37.9 Å². The van der Waals surface area contributed by atoms with Gasteiger partial charge in [0.15, 0.2) is 0 Å². The summed E-state index contributed by atoms with van der Waals surface area (Å²) in [5, 5.41) is 0.557. The largest absolute Gasteiger partial charge is 0.490 e. The van der Waals surface area contributed by atoms with Gasteiger partial charge >= 0.3 is 0 Å². The molecule has 27 heavy (non-hydrogen) atoms. The number of hydrogen-bond acceptors (Lipinski definition) is 3. The fourth-order valence-corrected chi connectivity index (χ4v) is 4.67. The number of pyridine rings is 1. The maximum absolute atomic E-state index is 12.3. The Bertz CT molecular complexity index is 832. The molecule has 4 rings (SSSR count). The molecule has 0 spiro atoms. The van der Waals surface area contributed by atoms with Crippen molar-refractivity contribution in [2.75, 3.05) is 13.1 Å². The summed E-state index contributed by atoms with van der Waals surface area (Å²) in [5.41, 5.74) is 1.43. The third-order valence-electron chi connectivity index (χ3n) is 5.94. The molecule has 0 bridgehead atoms. The molecule has 144 valence electrons. The van der Waals surface area contributed by atoms with E-state index in [0.717, 1.165) is 43.3 Å². The van der Waals surface area contributed by atoms with E-state index in [4.69, 9.17) is 16.3 Å². The summed E-state index contributed by atoms with van der Waals surface area (Å²) in [6.07, 6.45) is 9.62. The van der Waals surface area contributed by atoms with Gasteiger partial charge in [-0.3, -0.25) is 4.79 Å². The van der Waals surface area contributed by atoms with Crippen LogP contribution in [0.4, 0.5) is 0 Å². The van der Waals surface area contributed by atoms with Crippen LogP contribution in [0, 0.1) is 0 Å². The van der Waals surface area contributed by atoms with Crippen LogP contribution >= 0.6 is 11.6 Å². The average molecular weight is 387 g/mol. The summed E-state index contributed by atoms with van der Waals surface area (Å²) in [6.45, 7) is 2.29. The average Bonchev–Trinajstić information content (AvgIpc) is 3.21. The first kappa shape index (κ1) is 18.6. The van der Waals surface area contributed by atoms with Crippen molar-refractivity contribution in [3.8, 4) is 16.9 Å². The smallest absolute Gasteiger partial charge is 0.258 e. The molecule has 0 atom stereocenters. The fraction of sp³-hybridized carbons (Fsp3) is 0.500. The summed E-state index contributed by atoms with van der Waals surface area (Å²) >= 11 is 6.10. The molecule has 1 aromatic carbocycles. The van der Waals surface area contributed by atoms with E-state index in [1.807, 2.05) is 24.3 Å². The summed E-state index contributed by atoms with van der Waals surface area (Å²) in [7, 11) is 1.72. The molecule has 1 saturated heterocycles. The lowest BCUT2D eigenvalue weighted by Crippen LogP contribution is -2.43.